The Morgan fingerprint density at radius 3 is 2.52 bits per heavy atom. The molecule has 0 radical (unpaired) electrons. The Bertz CT molecular complexity index is 817. The van der Waals surface area contributed by atoms with E-state index in [9.17, 15) is 13.6 Å². The lowest BCUT2D eigenvalue weighted by Crippen LogP contribution is -2.07. The van der Waals surface area contributed by atoms with E-state index in [1.807, 2.05) is 13.8 Å². The second-order valence-electron chi connectivity index (χ2n) is 5.52. The number of ether oxygens (including phenoxy) is 2. The molecule has 0 bridgehead atoms. The highest BCUT2D eigenvalue weighted by Crippen LogP contribution is 2.37. The Kier molecular flexibility index (Phi) is 6.15. The number of carbonyl (C=O) groups is 1. The molecule has 6 heteroatoms. The first-order valence-electron chi connectivity index (χ1n) is 7.53. The molecule has 3 nitrogen and oxygen atoms in total. The van der Waals surface area contributed by atoms with Crippen LogP contribution in [-0.2, 0) is 0 Å². The van der Waals surface area contributed by atoms with Gasteiger partial charge in [-0.3, -0.25) is 4.79 Å². The van der Waals surface area contributed by atoms with E-state index in [0.29, 0.717) is 28.2 Å². The first kappa shape index (κ1) is 18.9. The van der Waals surface area contributed by atoms with Crippen LogP contribution in [0.2, 0.25) is 5.02 Å². The number of methoxy groups -OCH3 is 1. The van der Waals surface area contributed by atoms with Gasteiger partial charge in [0.25, 0.3) is 0 Å². The normalized spacial score (nSPS) is 11.2. The van der Waals surface area contributed by atoms with Crippen molar-refractivity contribution in [3.63, 3.8) is 0 Å². The summed E-state index contributed by atoms with van der Waals surface area (Å²) in [5.74, 6) is -1.41. The van der Waals surface area contributed by atoms with E-state index < -0.39 is 17.4 Å². The molecule has 0 amide bonds. The predicted octanol–water partition coefficient (Wildman–Crippen LogP) is 5.31. The number of allylic oxidation sites excluding steroid dienone is 1. The molecule has 0 aliphatic carbocycles. The molecular weight excluding hydrogens is 350 g/mol. The van der Waals surface area contributed by atoms with E-state index in [4.69, 9.17) is 21.1 Å². The van der Waals surface area contributed by atoms with Gasteiger partial charge in [0.05, 0.1) is 23.8 Å². The van der Waals surface area contributed by atoms with Gasteiger partial charge in [0.1, 0.15) is 11.6 Å². The fraction of sp³-hybridized carbons (Fsp3) is 0.211. The average Bonchev–Trinajstić information content (AvgIpc) is 2.54. The Labute approximate surface area is 149 Å². The maximum absolute atomic E-state index is 13.6. The second kappa shape index (κ2) is 8.12. The van der Waals surface area contributed by atoms with Crippen LogP contribution in [0.15, 0.2) is 36.4 Å². The molecule has 0 atom stereocenters. The van der Waals surface area contributed by atoms with Crippen molar-refractivity contribution in [3.05, 3.63) is 64.2 Å². The number of hydrogen-bond acceptors (Lipinski definition) is 3. The maximum atomic E-state index is 13.6. The molecule has 0 saturated heterocycles. The van der Waals surface area contributed by atoms with E-state index >= 15 is 0 Å². The summed E-state index contributed by atoms with van der Waals surface area (Å²) in [7, 11) is 1.48. The first-order valence-corrected chi connectivity index (χ1v) is 7.91. The van der Waals surface area contributed by atoms with Gasteiger partial charge < -0.3 is 9.47 Å². The third-order valence-corrected chi connectivity index (χ3v) is 3.51. The molecule has 2 rings (SSSR count). The van der Waals surface area contributed by atoms with Crippen LogP contribution in [0.4, 0.5) is 8.78 Å². The topological polar surface area (TPSA) is 35.5 Å². The van der Waals surface area contributed by atoms with Crippen LogP contribution < -0.4 is 9.47 Å². The molecule has 0 unspecified atom stereocenters. The lowest BCUT2D eigenvalue weighted by Gasteiger charge is -2.15. The SMILES string of the molecule is COc1cc(/C=C/C(=O)c2ccc(F)cc2F)cc(Cl)c1OC(C)C. The quantitative estimate of drug-likeness (QED) is 0.513. The highest BCUT2D eigenvalue weighted by atomic mass is 35.5. The van der Waals surface area contributed by atoms with Gasteiger partial charge in [0, 0.05) is 6.07 Å². The van der Waals surface area contributed by atoms with Gasteiger partial charge in [0.15, 0.2) is 17.3 Å². The fourth-order valence-corrected chi connectivity index (χ4v) is 2.40. The van der Waals surface area contributed by atoms with Gasteiger partial charge in [-0.2, -0.15) is 0 Å². The third kappa shape index (κ3) is 4.79. The third-order valence-electron chi connectivity index (χ3n) is 3.23. The number of ketones is 1. The van der Waals surface area contributed by atoms with E-state index in [-0.39, 0.29) is 11.7 Å². The second-order valence-corrected chi connectivity index (χ2v) is 5.93. The van der Waals surface area contributed by atoms with Gasteiger partial charge in [-0.25, -0.2) is 8.78 Å². The van der Waals surface area contributed by atoms with Crippen molar-refractivity contribution in [1.29, 1.82) is 0 Å². The van der Waals surface area contributed by atoms with E-state index in [0.717, 1.165) is 12.1 Å². The van der Waals surface area contributed by atoms with Crippen molar-refractivity contribution >= 4 is 23.5 Å². The Morgan fingerprint density at radius 2 is 1.92 bits per heavy atom. The minimum atomic E-state index is -0.911. The van der Waals surface area contributed by atoms with Crippen molar-refractivity contribution in [3.8, 4) is 11.5 Å². The summed E-state index contributed by atoms with van der Waals surface area (Å²) < 4.78 is 37.4. The van der Waals surface area contributed by atoms with Crippen LogP contribution in [0.3, 0.4) is 0 Å². The number of carbonyl (C=O) groups excluding carboxylic acids is 1. The zero-order chi connectivity index (χ0) is 18.6. The van der Waals surface area contributed by atoms with E-state index in [1.165, 1.54) is 19.3 Å². The Balaban J connectivity index is 2.28. The van der Waals surface area contributed by atoms with Crippen LogP contribution in [0.25, 0.3) is 6.08 Å². The smallest absolute Gasteiger partial charge is 0.188 e. The largest absolute Gasteiger partial charge is 0.493 e. The summed E-state index contributed by atoms with van der Waals surface area (Å²) in [6.07, 6.45) is 2.57. The molecule has 0 aliphatic rings. The molecule has 0 spiro atoms. The van der Waals surface area contributed by atoms with Crippen LogP contribution >= 0.6 is 11.6 Å². The zero-order valence-electron chi connectivity index (χ0n) is 14.0. The molecule has 2 aromatic rings. The zero-order valence-corrected chi connectivity index (χ0v) is 14.7. The van der Waals surface area contributed by atoms with Crippen molar-refractivity contribution in [2.75, 3.05) is 7.11 Å². The average molecular weight is 367 g/mol. The van der Waals surface area contributed by atoms with Gasteiger partial charge in [-0.05, 0) is 49.8 Å². The standard InChI is InChI=1S/C19H17ClF2O3/c1-11(2)25-19-15(20)8-12(9-18(19)24-3)4-7-17(23)14-6-5-13(21)10-16(14)22/h4-11H,1-3H3/b7-4+. The highest BCUT2D eigenvalue weighted by molar-refractivity contribution is 6.32. The molecular formula is C19H17ClF2O3. The minimum Gasteiger partial charge on any atom is -0.493 e. The molecule has 2 aromatic carbocycles. The number of benzene rings is 2. The maximum Gasteiger partial charge on any atom is 0.188 e. The fourth-order valence-electron chi connectivity index (χ4n) is 2.14. The van der Waals surface area contributed by atoms with Crippen LogP contribution in [0, 0.1) is 11.6 Å². The van der Waals surface area contributed by atoms with Gasteiger partial charge in [0.2, 0.25) is 0 Å². The number of halogens is 3. The number of rotatable bonds is 6. The molecule has 25 heavy (non-hydrogen) atoms. The summed E-state index contributed by atoms with van der Waals surface area (Å²) in [6, 6.07) is 6.05. The predicted molar refractivity (Wildman–Crippen MR) is 93.5 cm³/mol. The summed E-state index contributed by atoms with van der Waals surface area (Å²) in [4.78, 5) is 12.1. The van der Waals surface area contributed by atoms with Gasteiger partial charge >= 0.3 is 0 Å². The molecule has 0 aliphatic heterocycles. The van der Waals surface area contributed by atoms with Gasteiger partial charge in [-0.1, -0.05) is 17.7 Å². The molecule has 0 fully saturated rings. The first-order chi connectivity index (χ1) is 11.8. The molecule has 0 N–H and O–H groups in total. The van der Waals surface area contributed by atoms with Crippen LogP contribution in [-0.4, -0.2) is 19.0 Å². The van der Waals surface area contributed by atoms with Crippen molar-refractivity contribution in [2.24, 2.45) is 0 Å². The lowest BCUT2D eigenvalue weighted by molar-refractivity contribution is 0.104. The molecule has 0 heterocycles. The van der Waals surface area contributed by atoms with Crippen molar-refractivity contribution < 1.29 is 23.0 Å². The lowest BCUT2D eigenvalue weighted by atomic mass is 10.1. The number of hydrogen-bond donors (Lipinski definition) is 0. The van der Waals surface area contributed by atoms with Crippen LogP contribution in [0.5, 0.6) is 11.5 Å². The minimum absolute atomic E-state index is 0.0872. The highest BCUT2D eigenvalue weighted by Gasteiger charge is 2.13. The summed E-state index contributed by atoms with van der Waals surface area (Å²) >= 11 is 6.21. The van der Waals surface area contributed by atoms with Crippen molar-refractivity contribution in [2.45, 2.75) is 20.0 Å². The Hall–Kier alpha value is -2.40. The summed E-state index contributed by atoms with van der Waals surface area (Å²) in [5, 5.41) is 0.327. The van der Waals surface area contributed by atoms with Crippen LogP contribution in [0.1, 0.15) is 29.8 Å². The monoisotopic (exact) mass is 366 g/mol. The van der Waals surface area contributed by atoms with E-state index in [2.05, 4.69) is 0 Å². The molecule has 132 valence electrons. The summed E-state index contributed by atoms with van der Waals surface area (Å²) in [5.41, 5.74) is 0.365. The Morgan fingerprint density at radius 1 is 1.20 bits per heavy atom. The van der Waals surface area contributed by atoms with E-state index in [1.54, 1.807) is 12.1 Å². The molecule has 0 saturated carbocycles. The summed E-state index contributed by atoms with van der Waals surface area (Å²) in [6.45, 7) is 3.72. The van der Waals surface area contributed by atoms with Gasteiger partial charge in [-0.15, -0.1) is 0 Å². The molecule has 0 aromatic heterocycles. The van der Waals surface area contributed by atoms with Crippen molar-refractivity contribution in [1.82, 2.24) is 0 Å².